The highest BCUT2D eigenvalue weighted by Crippen LogP contribution is 2.36. The molecule has 0 amide bonds. The third kappa shape index (κ3) is 5.57. The Kier molecular flexibility index (Phi) is 8.11. The van der Waals surface area contributed by atoms with Crippen LogP contribution in [0.4, 0.5) is 0 Å². The molecular weight excluding hydrogens is 439 g/mol. The highest BCUT2D eigenvalue weighted by atomic mass is 79.9. The van der Waals surface area contributed by atoms with Gasteiger partial charge in [0.25, 0.3) is 0 Å². The Morgan fingerprint density at radius 1 is 1.27 bits per heavy atom. The van der Waals surface area contributed by atoms with Gasteiger partial charge in [-0.15, -0.1) is 6.42 Å². The molecule has 2 rings (SSSR count). The first kappa shape index (κ1) is 20.4. The molecule has 7 heteroatoms. The van der Waals surface area contributed by atoms with Crippen LogP contribution in [-0.2, 0) is 6.54 Å². The van der Waals surface area contributed by atoms with E-state index < -0.39 is 0 Å². The maximum Gasteiger partial charge on any atom is 0.176 e. The highest BCUT2D eigenvalue weighted by molar-refractivity contribution is 9.10. The molecule has 0 radical (unpaired) electrons. The highest BCUT2D eigenvalue weighted by Gasteiger charge is 2.11. The monoisotopic (exact) mass is 454 g/mol. The summed E-state index contributed by atoms with van der Waals surface area (Å²) in [5.74, 6) is 3.60. The van der Waals surface area contributed by atoms with Crippen LogP contribution < -0.4 is 14.9 Å². The maximum absolute atomic E-state index is 6.13. The van der Waals surface area contributed by atoms with E-state index >= 15 is 0 Å². The van der Waals surface area contributed by atoms with Crippen molar-refractivity contribution in [3.63, 3.8) is 0 Å². The van der Waals surface area contributed by atoms with Crippen molar-refractivity contribution >= 4 is 45.3 Å². The summed E-state index contributed by atoms with van der Waals surface area (Å²) in [5, 5.41) is 5.40. The van der Waals surface area contributed by atoms with Gasteiger partial charge >= 0.3 is 0 Å². The number of nitrogens with zero attached hydrogens (tertiary/aromatic N) is 1. The summed E-state index contributed by atoms with van der Waals surface area (Å²) in [6, 6.07) is 9.06. The summed E-state index contributed by atoms with van der Waals surface area (Å²) in [6.07, 6.45) is 6.92. The lowest BCUT2D eigenvalue weighted by atomic mass is 10.2. The van der Waals surface area contributed by atoms with E-state index in [-0.39, 0.29) is 6.61 Å². The summed E-state index contributed by atoms with van der Waals surface area (Å²) >= 11 is 15.7. The van der Waals surface area contributed by atoms with Crippen molar-refractivity contribution in [2.24, 2.45) is 5.10 Å². The van der Waals surface area contributed by atoms with Gasteiger partial charge in [-0.25, -0.2) is 0 Å². The molecule has 2 aromatic rings. The molecule has 4 nitrogen and oxygen atoms in total. The van der Waals surface area contributed by atoms with Crippen molar-refractivity contribution in [1.82, 2.24) is 5.43 Å². The Labute approximate surface area is 171 Å². The lowest BCUT2D eigenvalue weighted by Crippen LogP contribution is -2.07. The number of ether oxygens (including phenoxy) is 2. The smallest absolute Gasteiger partial charge is 0.176 e. The zero-order valence-electron chi connectivity index (χ0n) is 14.1. The standard InChI is InChI=1S/C19H17BrCl2N2O2/c1-3-8-26-19-15(20)9-13(10-18(19)25-4-2)11-23-24-12-14-16(21)6-5-7-17(14)22/h1,5-7,9-11,24H,4,8,12H2,2H3/b23-11+. The van der Waals surface area contributed by atoms with Gasteiger partial charge in [0.2, 0.25) is 0 Å². The van der Waals surface area contributed by atoms with Crippen LogP contribution in [0.3, 0.4) is 0 Å². The van der Waals surface area contributed by atoms with E-state index in [2.05, 4.69) is 32.4 Å². The molecule has 0 aliphatic carbocycles. The van der Waals surface area contributed by atoms with E-state index in [4.69, 9.17) is 39.1 Å². The number of hydrogen-bond acceptors (Lipinski definition) is 4. The molecule has 26 heavy (non-hydrogen) atoms. The minimum absolute atomic E-state index is 0.159. The second-order valence-corrected chi connectivity index (χ2v) is 6.72. The normalized spacial score (nSPS) is 10.6. The third-order valence-electron chi connectivity index (χ3n) is 3.25. The van der Waals surface area contributed by atoms with Crippen molar-refractivity contribution in [3.8, 4) is 23.8 Å². The van der Waals surface area contributed by atoms with Crippen LogP contribution in [0, 0.1) is 12.3 Å². The second-order valence-electron chi connectivity index (χ2n) is 5.05. The molecule has 136 valence electrons. The molecule has 1 N–H and O–H groups in total. The molecule has 0 heterocycles. The predicted molar refractivity (Wildman–Crippen MR) is 111 cm³/mol. The molecule has 0 aromatic heterocycles. The van der Waals surface area contributed by atoms with Crippen LogP contribution in [0.2, 0.25) is 10.0 Å². The number of nitrogens with one attached hydrogen (secondary N) is 1. The molecule has 0 saturated carbocycles. The number of terminal acetylenes is 1. The third-order valence-corrected chi connectivity index (χ3v) is 4.55. The molecule has 0 unspecified atom stereocenters. The molecule has 0 atom stereocenters. The Bertz CT molecular complexity index is 815. The Morgan fingerprint density at radius 3 is 2.65 bits per heavy atom. The van der Waals surface area contributed by atoms with Gasteiger partial charge < -0.3 is 14.9 Å². The molecule has 0 spiro atoms. The molecule has 2 aromatic carbocycles. The van der Waals surface area contributed by atoms with Crippen LogP contribution >= 0.6 is 39.1 Å². The number of hydrogen-bond donors (Lipinski definition) is 1. The zero-order chi connectivity index (χ0) is 18.9. The minimum atomic E-state index is 0.159. The Morgan fingerprint density at radius 2 is 2.00 bits per heavy atom. The fourth-order valence-corrected chi connectivity index (χ4v) is 3.23. The summed E-state index contributed by atoms with van der Waals surface area (Å²) < 4.78 is 11.9. The molecule has 0 saturated heterocycles. The van der Waals surface area contributed by atoms with Gasteiger partial charge in [0.05, 0.1) is 23.8 Å². The van der Waals surface area contributed by atoms with Gasteiger partial charge in [0.1, 0.15) is 6.61 Å². The summed E-state index contributed by atoms with van der Waals surface area (Å²) in [4.78, 5) is 0. The first-order chi connectivity index (χ1) is 12.6. The van der Waals surface area contributed by atoms with Crippen LogP contribution in [-0.4, -0.2) is 19.4 Å². The van der Waals surface area contributed by atoms with E-state index in [0.717, 1.165) is 15.6 Å². The van der Waals surface area contributed by atoms with E-state index in [1.54, 1.807) is 24.4 Å². The summed E-state index contributed by atoms with van der Waals surface area (Å²) in [6.45, 7) is 2.97. The average Bonchev–Trinajstić information content (AvgIpc) is 2.60. The lowest BCUT2D eigenvalue weighted by Gasteiger charge is -2.13. The molecular formula is C19H17BrCl2N2O2. The fraction of sp³-hybridized carbons (Fsp3) is 0.211. The quantitative estimate of drug-likeness (QED) is 0.334. The van der Waals surface area contributed by atoms with Crippen molar-refractivity contribution in [3.05, 3.63) is 56.0 Å². The molecule has 0 aliphatic heterocycles. The number of benzene rings is 2. The topological polar surface area (TPSA) is 42.8 Å². The van der Waals surface area contributed by atoms with Gasteiger partial charge in [-0.05, 0) is 52.7 Å². The van der Waals surface area contributed by atoms with E-state index in [0.29, 0.717) is 34.7 Å². The molecule has 0 bridgehead atoms. The maximum atomic E-state index is 6.13. The van der Waals surface area contributed by atoms with E-state index in [9.17, 15) is 0 Å². The molecule has 0 fully saturated rings. The Balaban J connectivity index is 2.11. The van der Waals surface area contributed by atoms with Crippen LogP contribution in [0.5, 0.6) is 11.5 Å². The van der Waals surface area contributed by atoms with Gasteiger partial charge in [0, 0.05) is 15.6 Å². The van der Waals surface area contributed by atoms with Gasteiger partial charge in [-0.2, -0.15) is 5.10 Å². The first-order valence-corrected chi connectivity index (χ1v) is 9.33. The average molecular weight is 456 g/mol. The van der Waals surface area contributed by atoms with E-state index in [1.165, 1.54) is 0 Å². The van der Waals surface area contributed by atoms with Crippen LogP contribution in [0.25, 0.3) is 0 Å². The van der Waals surface area contributed by atoms with Crippen molar-refractivity contribution in [2.45, 2.75) is 13.5 Å². The zero-order valence-corrected chi connectivity index (χ0v) is 17.2. The second kappa shape index (κ2) is 10.3. The van der Waals surface area contributed by atoms with Crippen molar-refractivity contribution in [1.29, 1.82) is 0 Å². The first-order valence-electron chi connectivity index (χ1n) is 7.78. The lowest BCUT2D eigenvalue weighted by molar-refractivity contribution is 0.298. The van der Waals surface area contributed by atoms with Crippen molar-refractivity contribution < 1.29 is 9.47 Å². The van der Waals surface area contributed by atoms with E-state index in [1.807, 2.05) is 19.1 Å². The summed E-state index contributed by atoms with van der Waals surface area (Å²) in [5.41, 5.74) is 4.56. The number of halogens is 3. The van der Waals surface area contributed by atoms with Crippen molar-refractivity contribution in [2.75, 3.05) is 13.2 Å². The number of hydrazone groups is 1. The van der Waals surface area contributed by atoms with Gasteiger partial charge in [0.15, 0.2) is 11.5 Å². The Hall–Kier alpha value is -1.87. The minimum Gasteiger partial charge on any atom is -0.490 e. The van der Waals surface area contributed by atoms with Gasteiger partial charge in [-0.3, -0.25) is 0 Å². The van der Waals surface area contributed by atoms with Crippen LogP contribution in [0.15, 0.2) is 39.9 Å². The fourth-order valence-electron chi connectivity index (χ4n) is 2.13. The number of rotatable bonds is 8. The van der Waals surface area contributed by atoms with Crippen LogP contribution in [0.1, 0.15) is 18.1 Å². The molecule has 0 aliphatic rings. The largest absolute Gasteiger partial charge is 0.490 e. The van der Waals surface area contributed by atoms with Gasteiger partial charge in [-0.1, -0.05) is 35.2 Å². The SMILES string of the molecule is C#CCOc1c(Br)cc(/C=N/NCc2c(Cl)cccc2Cl)cc1OCC. The predicted octanol–water partition coefficient (Wildman–Crippen LogP) is 5.29. The summed E-state index contributed by atoms with van der Waals surface area (Å²) in [7, 11) is 0.